The summed E-state index contributed by atoms with van der Waals surface area (Å²) in [5.74, 6) is 0.166. The molecule has 1 aliphatic rings. The first-order chi connectivity index (χ1) is 11.1. The number of nitrogens with zero attached hydrogens (tertiary/aromatic N) is 4. The summed E-state index contributed by atoms with van der Waals surface area (Å²) in [6.07, 6.45) is 4.03. The molecule has 1 atom stereocenters. The summed E-state index contributed by atoms with van der Waals surface area (Å²) in [6.45, 7) is 2.50. The summed E-state index contributed by atoms with van der Waals surface area (Å²) in [6, 6.07) is 5.49. The minimum absolute atomic E-state index is 0.0496. The van der Waals surface area contributed by atoms with Crippen LogP contribution in [0.15, 0.2) is 30.7 Å². The van der Waals surface area contributed by atoms with Crippen LogP contribution in [0.3, 0.4) is 0 Å². The number of H-pyrrole nitrogens is 1. The maximum atomic E-state index is 12.8. The van der Waals surface area contributed by atoms with Gasteiger partial charge in [0, 0.05) is 30.8 Å². The Labute approximate surface area is 137 Å². The predicted octanol–water partition coefficient (Wildman–Crippen LogP) is 2.59. The summed E-state index contributed by atoms with van der Waals surface area (Å²) in [5, 5.41) is 0.531. The lowest BCUT2D eigenvalue weighted by Gasteiger charge is -2.33. The molecular weight excluding hydrogens is 314 g/mol. The topological polar surface area (TPSA) is 74.8 Å². The summed E-state index contributed by atoms with van der Waals surface area (Å²) in [7, 11) is 0. The van der Waals surface area contributed by atoms with Gasteiger partial charge in [-0.2, -0.15) is 0 Å². The molecule has 1 aliphatic heterocycles. The quantitative estimate of drug-likeness (QED) is 0.745. The fourth-order valence-corrected chi connectivity index (χ4v) is 3.15. The molecule has 1 N–H and O–H groups in total. The molecule has 1 aromatic carbocycles. The molecule has 0 aliphatic carbocycles. The number of aromatic nitrogens is 4. The van der Waals surface area contributed by atoms with Crippen LogP contribution in [0.25, 0.3) is 11.0 Å². The van der Waals surface area contributed by atoms with Crippen molar-refractivity contribution in [2.75, 3.05) is 0 Å². The van der Waals surface area contributed by atoms with Gasteiger partial charge in [-0.05, 0) is 19.1 Å². The molecule has 6 nitrogen and oxygen atoms in total. The highest BCUT2D eigenvalue weighted by Crippen LogP contribution is 2.25. The summed E-state index contributed by atoms with van der Waals surface area (Å²) in [4.78, 5) is 30.4. The van der Waals surface area contributed by atoms with Crippen molar-refractivity contribution in [3.8, 4) is 0 Å². The summed E-state index contributed by atoms with van der Waals surface area (Å²) < 4.78 is 0. The Kier molecular flexibility index (Phi) is 3.27. The Bertz CT molecular complexity index is 906. The summed E-state index contributed by atoms with van der Waals surface area (Å²) in [5.41, 5.74) is 3.36. The van der Waals surface area contributed by atoms with Crippen molar-refractivity contribution < 1.29 is 4.79 Å². The van der Waals surface area contributed by atoms with Crippen LogP contribution in [0.2, 0.25) is 5.02 Å². The zero-order valence-corrected chi connectivity index (χ0v) is 13.2. The molecule has 2 aromatic heterocycles. The minimum Gasteiger partial charge on any atom is -0.334 e. The molecule has 23 heavy (non-hydrogen) atoms. The fraction of sp³-hybridized carbons (Fsp3) is 0.250. The molecular formula is C16H14ClN5O. The van der Waals surface area contributed by atoms with Crippen molar-refractivity contribution in [1.82, 2.24) is 24.8 Å². The average Bonchev–Trinajstić information content (AvgIpc) is 2.99. The van der Waals surface area contributed by atoms with E-state index in [0.717, 1.165) is 16.8 Å². The van der Waals surface area contributed by atoms with Gasteiger partial charge in [0.05, 0.1) is 16.2 Å². The van der Waals surface area contributed by atoms with Gasteiger partial charge in [-0.1, -0.05) is 17.7 Å². The molecule has 0 spiro atoms. The lowest BCUT2D eigenvalue weighted by atomic mass is 10.0. The number of fused-ring (bicyclic) bond motifs is 2. The van der Waals surface area contributed by atoms with Crippen LogP contribution < -0.4 is 0 Å². The molecule has 4 rings (SSSR count). The van der Waals surface area contributed by atoms with Gasteiger partial charge in [-0.15, -0.1) is 0 Å². The molecule has 7 heteroatoms. The maximum absolute atomic E-state index is 12.8. The first-order valence-electron chi connectivity index (χ1n) is 7.36. The van der Waals surface area contributed by atoms with Gasteiger partial charge in [-0.25, -0.2) is 15.0 Å². The first-order valence-corrected chi connectivity index (χ1v) is 7.74. The van der Waals surface area contributed by atoms with Crippen molar-refractivity contribution in [3.63, 3.8) is 0 Å². The van der Waals surface area contributed by atoms with Gasteiger partial charge in [0.25, 0.3) is 5.91 Å². The Hall–Kier alpha value is -2.47. The number of halogens is 1. The third-order valence-corrected chi connectivity index (χ3v) is 4.47. The lowest BCUT2D eigenvalue weighted by molar-refractivity contribution is 0.0644. The minimum atomic E-state index is -0.140. The van der Waals surface area contributed by atoms with E-state index in [1.807, 2.05) is 19.1 Å². The molecule has 1 unspecified atom stereocenters. The largest absolute Gasteiger partial charge is 0.334 e. The molecule has 0 saturated carbocycles. The zero-order chi connectivity index (χ0) is 16.0. The van der Waals surface area contributed by atoms with Crippen LogP contribution in [0.5, 0.6) is 0 Å². The third-order valence-electron chi connectivity index (χ3n) is 4.17. The van der Waals surface area contributed by atoms with Crippen LogP contribution >= 0.6 is 11.6 Å². The highest BCUT2D eigenvalue weighted by molar-refractivity contribution is 6.35. The molecule has 116 valence electrons. The van der Waals surface area contributed by atoms with Crippen molar-refractivity contribution in [3.05, 3.63) is 52.8 Å². The van der Waals surface area contributed by atoms with Crippen molar-refractivity contribution in [2.24, 2.45) is 0 Å². The second-order valence-corrected chi connectivity index (χ2v) is 6.11. The number of aromatic amines is 1. The molecule has 0 bridgehead atoms. The van der Waals surface area contributed by atoms with Gasteiger partial charge < -0.3 is 9.88 Å². The number of amides is 1. The molecule has 0 fully saturated rings. The van der Waals surface area contributed by atoms with E-state index in [0.29, 0.717) is 29.3 Å². The van der Waals surface area contributed by atoms with E-state index in [-0.39, 0.29) is 11.9 Å². The van der Waals surface area contributed by atoms with Crippen LogP contribution in [-0.2, 0) is 13.0 Å². The number of hydrogen-bond donors (Lipinski definition) is 1. The molecule has 0 saturated heterocycles. The van der Waals surface area contributed by atoms with Gasteiger partial charge in [0.1, 0.15) is 11.8 Å². The van der Waals surface area contributed by atoms with E-state index >= 15 is 0 Å². The second kappa shape index (κ2) is 5.31. The van der Waals surface area contributed by atoms with E-state index in [1.165, 1.54) is 0 Å². The normalized spacial score (nSPS) is 17.3. The second-order valence-electron chi connectivity index (χ2n) is 5.70. The van der Waals surface area contributed by atoms with Crippen LogP contribution in [0.4, 0.5) is 0 Å². The third kappa shape index (κ3) is 2.35. The predicted molar refractivity (Wildman–Crippen MR) is 86.2 cm³/mol. The number of imidazole rings is 1. The monoisotopic (exact) mass is 327 g/mol. The Morgan fingerprint density at radius 3 is 3.13 bits per heavy atom. The number of para-hydroxylation sites is 1. The van der Waals surface area contributed by atoms with E-state index in [9.17, 15) is 4.79 Å². The Morgan fingerprint density at radius 1 is 1.43 bits per heavy atom. The van der Waals surface area contributed by atoms with Crippen LogP contribution in [0, 0.1) is 0 Å². The van der Waals surface area contributed by atoms with E-state index in [4.69, 9.17) is 11.6 Å². The zero-order valence-electron chi connectivity index (χ0n) is 12.5. The number of carbonyl (C=O) groups is 1. The van der Waals surface area contributed by atoms with Crippen LogP contribution in [0.1, 0.15) is 28.8 Å². The molecule has 3 aromatic rings. The molecule has 0 radical (unpaired) electrons. The number of nitrogens with one attached hydrogen (secondary N) is 1. The van der Waals surface area contributed by atoms with Crippen molar-refractivity contribution in [1.29, 1.82) is 0 Å². The van der Waals surface area contributed by atoms with Gasteiger partial charge in [-0.3, -0.25) is 4.79 Å². The van der Waals surface area contributed by atoms with Gasteiger partial charge >= 0.3 is 0 Å². The number of rotatable bonds is 1. The standard InChI is InChI=1S/C16H14ClN5O/c1-9-5-13-10(6-18-8-19-13)7-22(9)16(23)15-20-12-4-2-3-11(17)14(12)21-15/h2-4,6,8-9H,5,7H2,1H3,(H,20,21). The SMILES string of the molecule is CC1Cc2ncncc2CN1C(=O)c1nc2c(Cl)cccc2[nH]1. The van der Waals surface area contributed by atoms with Crippen molar-refractivity contribution in [2.45, 2.75) is 25.9 Å². The molecule has 1 amide bonds. The number of carbonyl (C=O) groups excluding carboxylic acids is 1. The van der Waals surface area contributed by atoms with Gasteiger partial charge in [0.15, 0.2) is 5.82 Å². The highest BCUT2D eigenvalue weighted by atomic mass is 35.5. The Balaban J connectivity index is 1.69. The summed E-state index contributed by atoms with van der Waals surface area (Å²) >= 11 is 6.13. The molecule has 3 heterocycles. The van der Waals surface area contributed by atoms with E-state index < -0.39 is 0 Å². The number of hydrogen-bond acceptors (Lipinski definition) is 4. The highest BCUT2D eigenvalue weighted by Gasteiger charge is 2.30. The average molecular weight is 328 g/mol. The Morgan fingerprint density at radius 2 is 2.30 bits per heavy atom. The lowest BCUT2D eigenvalue weighted by Crippen LogP contribution is -2.43. The fourth-order valence-electron chi connectivity index (χ4n) is 2.94. The van der Waals surface area contributed by atoms with E-state index in [2.05, 4.69) is 19.9 Å². The smallest absolute Gasteiger partial charge is 0.290 e. The van der Waals surface area contributed by atoms with Crippen molar-refractivity contribution >= 4 is 28.5 Å². The van der Waals surface area contributed by atoms with Gasteiger partial charge in [0.2, 0.25) is 0 Å². The first kappa shape index (κ1) is 14.1. The maximum Gasteiger partial charge on any atom is 0.290 e. The number of benzene rings is 1. The van der Waals surface area contributed by atoms with E-state index in [1.54, 1.807) is 23.5 Å². The van der Waals surface area contributed by atoms with Crippen LogP contribution in [-0.4, -0.2) is 36.8 Å².